The van der Waals surface area contributed by atoms with Crippen LogP contribution in [-0.4, -0.2) is 36.3 Å². The van der Waals surface area contributed by atoms with Crippen LogP contribution in [0.5, 0.6) is 0 Å². The van der Waals surface area contributed by atoms with E-state index in [1.807, 2.05) is 6.07 Å². The first-order valence-electron chi connectivity index (χ1n) is 9.05. The molecule has 0 aliphatic carbocycles. The van der Waals surface area contributed by atoms with E-state index in [1.165, 1.54) is 17.0 Å². The first-order valence-corrected chi connectivity index (χ1v) is 9.05. The average Bonchev–Trinajstić information content (AvgIpc) is 2.93. The van der Waals surface area contributed by atoms with Crippen molar-refractivity contribution in [3.63, 3.8) is 0 Å². The quantitative estimate of drug-likeness (QED) is 0.709. The SMILES string of the molecule is CCN(CC(=O)Nc1ccccc1C(F)(F)F)CC(=O)Nc1oc(C)c(C)c1C#N. The molecule has 30 heavy (non-hydrogen) atoms. The van der Waals surface area contributed by atoms with Crippen LogP contribution >= 0.6 is 0 Å². The van der Waals surface area contributed by atoms with Gasteiger partial charge >= 0.3 is 6.18 Å². The molecule has 2 N–H and O–H groups in total. The Labute approximate surface area is 171 Å². The number of benzene rings is 1. The first-order chi connectivity index (χ1) is 14.1. The van der Waals surface area contributed by atoms with E-state index < -0.39 is 23.6 Å². The van der Waals surface area contributed by atoms with E-state index in [2.05, 4.69) is 10.6 Å². The number of carbonyl (C=O) groups is 2. The van der Waals surface area contributed by atoms with Crippen LogP contribution in [0.2, 0.25) is 0 Å². The number of hydrogen-bond donors (Lipinski definition) is 2. The highest BCUT2D eigenvalue weighted by Gasteiger charge is 2.33. The highest BCUT2D eigenvalue weighted by atomic mass is 19.4. The van der Waals surface area contributed by atoms with E-state index in [0.717, 1.165) is 12.1 Å². The third-order valence-corrected chi connectivity index (χ3v) is 4.44. The number of aryl methyl sites for hydroxylation is 1. The topological polar surface area (TPSA) is 98.4 Å². The standard InChI is InChI=1S/C20H21F3N4O3/c1-4-27(11-18(29)26-19-14(9-24)12(2)13(3)30-19)10-17(28)25-16-8-6-5-7-15(16)20(21,22)23/h5-8H,4,10-11H2,1-3H3,(H,25,28)(H,26,29). The number of hydrogen-bond acceptors (Lipinski definition) is 5. The van der Waals surface area contributed by atoms with Gasteiger partial charge in [0.1, 0.15) is 17.4 Å². The number of rotatable bonds is 7. The summed E-state index contributed by atoms with van der Waals surface area (Å²) in [5.74, 6) is -0.691. The minimum atomic E-state index is -4.61. The van der Waals surface area contributed by atoms with Crippen molar-refractivity contribution < 1.29 is 27.2 Å². The van der Waals surface area contributed by atoms with E-state index in [4.69, 9.17) is 4.42 Å². The molecule has 0 aliphatic rings. The molecule has 0 saturated heterocycles. The van der Waals surface area contributed by atoms with Crippen LogP contribution in [0.15, 0.2) is 28.7 Å². The molecule has 1 aromatic heterocycles. The predicted octanol–water partition coefficient (Wildman–Crippen LogP) is 3.69. The van der Waals surface area contributed by atoms with Gasteiger partial charge in [0.2, 0.25) is 17.7 Å². The number of nitriles is 1. The van der Waals surface area contributed by atoms with Crippen molar-refractivity contribution in [1.82, 2.24) is 4.90 Å². The summed E-state index contributed by atoms with van der Waals surface area (Å²) < 4.78 is 44.5. The Balaban J connectivity index is 2.01. The van der Waals surface area contributed by atoms with Crippen molar-refractivity contribution in [3.8, 4) is 6.07 Å². The number of nitrogens with zero attached hydrogens (tertiary/aromatic N) is 2. The van der Waals surface area contributed by atoms with E-state index in [9.17, 15) is 28.0 Å². The zero-order valence-electron chi connectivity index (χ0n) is 16.7. The Morgan fingerprint density at radius 3 is 2.30 bits per heavy atom. The van der Waals surface area contributed by atoms with Gasteiger partial charge in [0.25, 0.3) is 0 Å². The van der Waals surface area contributed by atoms with Gasteiger partial charge in [-0.3, -0.25) is 19.8 Å². The summed E-state index contributed by atoms with van der Waals surface area (Å²) in [6, 6.07) is 6.61. The number of furan rings is 1. The lowest BCUT2D eigenvalue weighted by Crippen LogP contribution is -2.38. The minimum Gasteiger partial charge on any atom is -0.444 e. The van der Waals surface area contributed by atoms with Crippen LogP contribution in [0.4, 0.5) is 24.7 Å². The van der Waals surface area contributed by atoms with Gasteiger partial charge in [-0.1, -0.05) is 19.1 Å². The van der Waals surface area contributed by atoms with Gasteiger partial charge in [0.15, 0.2) is 0 Å². The van der Waals surface area contributed by atoms with Gasteiger partial charge in [-0.15, -0.1) is 0 Å². The molecule has 0 spiro atoms. The van der Waals surface area contributed by atoms with E-state index in [0.29, 0.717) is 17.9 Å². The Morgan fingerprint density at radius 1 is 1.13 bits per heavy atom. The van der Waals surface area contributed by atoms with E-state index in [-0.39, 0.29) is 30.2 Å². The molecule has 2 rings (SSSR count). The molecule has 1 heterocycles. The molecule has 0 saturated carbocycles. The zero-order valence-corrected chi connectivity index (χ0v) is 16.7. The summed E-state index contributed by atoms with van der Waals surface area (Å²) in [5, 5.41) is 13.9. The molecule has 2 amide bonds. The first kappa shape index (κ1) is 23.0. The molecule has 2 aromatic rings. The molecule has 0 aliphatic heterocycles. The second-order valence-corrected chi connectivity index (χ2v) is 6.54. The van der Waals surface area contributed by atoms with E-state index in [1.54, 1.807) is 20.8 Å². The molecule has 0 unspecified atom stereocenters. The van der Waals surface area contributed by atoms with Gasteiger partial charge < -0.3 is 9.73 Å². The Kier molecular flexibility index (Phi) is 7.24. The third kappa shape index (κ3) is 5.61. The van der Waals surface area contributed by atoms with Crippen LogP contribution in [0.3, 0.4) is 0 Å². The summed E-state index contributed by atoms with van der Waals surface area (Å²) in [6.45, 7) is 4.84. The Bertz CT molecular complexity index is 977. The van der Waals surface area contributed by atoms with Crippen molar-refractivity contribution in [3.05, 3.63) is 46.7 Å². The van der Waals surface area contributed by atoms with Crippen LogP contribution in [0, 0.1) is 25.2 Å². The van der Waals surface area contributed by atoms with Crippen LogP contribution in [0.1, 0.15) is 29.4 Å². The second kappa shape index (κ2) is 9.45. The molecular formula is C20H21F3N4O3. The maximum absolute atomic E-state index is 13.1. The minimum absolute atomic E-state index is 0.0251. The van der Waals surface area contributed by atoms with Crippen LogP contribution in [-0.2, 0) is 15.8 Å². The number of para-hydroxylation sites is 1. The largest absolute Gasteiger partial charge is 0.444 e. The predicted molar refractivity (Wildman–Crippen MR) is 104 cm³/mol. The van der Waals surface area contributed by atoms with Gasteiger partial charge in [0.05, 0.1) is 24.3 Å². The summed E-state index contributed by atoms with van der Waals surface area (Å²) >= 11 is 0. The molecule has 160 valence electrons. The highest BCUT2D eigenvalue weighted by Crippen LogP contribution is 2.34. The molecule has 0 bridgehead atoms. The number of carbonyl (C=O) groups excluding carboxylic acids is 2. The van der Waals surface area contributed by atoms with Crippen molar-refractivity contribution in [1.29, 1.82) is 5.26 Å². The fourth-order valence-electron chi connectivity index (χ4n) is 2.73. The van der Waals surface area contributed by atoms with E-state index >= 15 is 0 Å². The number of amides is 2. The maximum atomic E-state index is 13.1. The Morgan fingerprint density at radius 2 is 1.73 bits per heavy atom. The lowest BCUT2D eigenvalue weighted by molar-refractivity contribution is -0.137. The molecule has 7 nitrogen and oxygen atoms in total. The number of likely N-dealkylation sites (N-methyl/N-ethyl adjacent to an activating group) is 1. The van der Waals surface area contributed by atoms with Gasteiger partial charge in [-0.25, -0.2) is 0 Å². The van der Waals surface area contributed by atoms with Crippen molar-refractivity contribution in [2.45, 2.75) is 26.9 Å². The second-order valence-electron chi connectivity index (χ2n) is 6.54. The third-order valence-electron chi connectivity index (χ3n) is 4.44. The number of nitrogens with one attached hydrogen (secondary N) is 2. The summed E-state index contributed by atoms with van der Waals surface area (Å²) in [7, 11) is 0. The Hall–Kier alpha value is -3.32. The summed E-state index contributed by atoms with van der Waals surface area (Å²) in [4.78, 5) is 26.0. The fraction of sp³-hybridized carbons (Fsp3) is 0.350. The molecule has 0 radical (unpaired) electrons. The van der Waals surface area contributed by atoms with Gasteiger partial charge in [0, 0.05) is 5.56 Å². The summed E-state index contributed by atoms with van der Waals surface area (Å²) in [5.41, 5.74) is -0.476. The monoisotopic (exact) mass is 422 g/mol. The van der Waals surface area contributed by atoms with Crippen LogP contribution in [0.25, 0.3) is 0 Å². The van der Waals surface area contributed by atoms with Crippen molar-refractivity contribution >= 4 is 23.4 Å². The van der Waals surface area contributed by atoms with Gasteiger partial charge in [-0.2, -0.15) is 18.4 Å². The normalized spacial score (nSPS) is 11.3. The smallest absolute Gasteiger partial charge is 0.418 e. The van der Waals surface area contributed by atoms with Gasteiger partial charge in [-0.05, 0) is 32.5 Å². The summed E-state index contributed by atoms with van der Waals surface area (Å²) in [6.07, 6.45) is -4.61. The molecule has 0 atom stereocenters. The molecule has 0 fully saturated rings. The van der Waals surface area contributed by atoms with Crippen molar-refractivity contribution in [2.24, 2.45) is 0 Å². The number of alkyl halides is 3. The molecule has 10 heteroatoms. The number of halogens is 3. The zero-order chi connectivity index (χ0) is 22.5. The molecule has 1 aromatic carbocycles. The molecular weight excluding hydrogens is 401 g/mol. The highest BCUT2D eigenvalue weighted by molar-refractivity contribution is 5.95. The number of anilines is 2. The van der Waals surface area contributed by atoms with Crippen LogP contribution < -0.4 is 10.6 Å². The maximum Gasteiger partial charge on any atom is 0.418 e. The lowest BCUT2D eigenvalue weighted by atomic mass is 10.1. The average molecular weight is 422 g/mol. The fourth-order valence-corrected chi connectivity index (χ4v) is 2.73. The lowest BCUT2D eigenvalue weighted by Gasteiger charge is -2.20. The van der Waals surface area contributed by atoms with Crippen molar-refractivity contribution in [2.75, 3.05) is 30.3 Å².